The van der Waals surface area contributed by atoms with Crippen molar-refractivity contribution in [3.63, 3.8) is 0 Å². The first kappa shape index (κ1) is 19.3. The highest BCUT2D eigenvalue weighted by Crippen LogP contribution is 2.37. The van der Waals surface area contributed by atoms with Crippen LogP contribution in [0.3, 0.4) is 0 Å². The number of nitrogens with one attached hydrogen (secondary N) is 1. The number of allylic oxidation sites excluding steroid dienone is 2. The molecule has 5 nitrogen and oxygen atoms in total. The Morgan fingerprint density at radius 1 is 1.15 bits per heavy atom. The lowest BCUT2D eigenvalue weighted by molar-refractivity contribution is 0.254. The molecule has 1 unspecified atom stereocenters. The third-order valence-corrected chi connectivity index (χ3v) is 5.03. The maximum Gasteiger partial charge on any atom is 0.325 e. The van der Waals surface area contributed by atoms with E-state index < -0.39 is 6.03 Å². The van der Waals surface area contributed by atoms with Gasteiger partial charge in [-0.15, -0.1) is 0 Å². The molecule has 1 aliphatic heterocycles. The number of aryl methyl sites for hydroxylation is 1. The van der Waals surface area contributed by atoms with Gasteiger partial charge in [-0.25, -0.2) is 9.69 Å². The highest BCUT2D eigenvalue weighted by molar-refractivity contribution is 6.40. The Labute approximate surface area is 167 Å². The Balaban J connectivity index is 2.07. The molecule has 1 heterocycles. The molecule has 0 aromatic heterocycles. The third kappa shape index (κ3) is 3.81. The van der Waals surface area contributed by atoms with Crippen molar-refractivity contribution in [1.82, 2.24) is 5.32 Å². The molecule has 140 valence electrons. The van der Waals surface area contributed by atoms with Gasteiger partial charge in [0.15, 0.2) is 0 Å². The second-order valence-electron chi connectivity index (χ2n) is 6.13. The number of nitrogens with zero attached hydrogens (tertiary/aromatic N) is 1. The van der Waals surface area contributed by atoms with Gasteiger partial charge in [0, 0.05) is 0 Å². The molecule has 0 saturated heterocycles. The number of hydrogen-bond donors (Lipinski definition) is 3. The van der Waals surface area contributed by atoms with Crippen molar-refractivity contribution in [2.24, 2.45) is 5.73 Å². The zero-order valence-electron chi connectivity index (χ0n) is 14.6. The number of anilines is 1. The molecule has 2 aromatic carbocycles. The number of nitrogens with two attached hydrogens (primary N) is 1. The number of aliphatic hydroxyl groups excluding tert-OH is 1. The summed E-state index contributed by atoms with van der Waals surface area (Å²) in [7, 11) is 0. The summed E-state index contributed by atoms with van der Waals surface area (Å²) in [5.74, 6) is 0.419. The fourth-order valence-electron chi connectivity index (χ4n) is 3.09. The number of primary amides is 1. The molecule has 0 bridgehead atoms. The molecule has 0 spiro atoms. The van der Waals surface area contributed by atoms with Gasteiger partial charge in [0.2, 0.25) is 0 Å². The number of benzene rings is 2. The summed E-state index contributed by atoms with van der Waals surface area (Å²) in [6.45, 7) is 1.86. The molecular formula is C20H19Cl2N3O2. The van der Waals surface area contributed by atoms with Gasteiger partial charge in [0.1, 0.15) is 5.82 Å². The van der Waals surface area contributed by atoms with Crippen LogP contribution in [0.1, 0.15) is 17.2 Å². The van der Waals surface area contributed by atoms with E-state index in [1.165, 1.54) is 4.90 Å². The summed E-state index contributed by atoms with van der Waals surface area (Å²) in [6, 6.07) is 11.7. The lowest BCUT2D eigenvalue weighted by atomic mass is 9.93. The van der Waals surface area contributed by atoms with E-state index in [4.69, 9.17) is 28.9 Å². The van der Waals surface area contributed by atoms with Crippen molar-refractivity contribution >= 4 is 34.9 Å². The first-order chi connectivity index (χ1) is 12.9. The Hall–Kier alpha value is -2.47. The van der Waals surface area contributed by atoms with Crippen LogP contribution < -0.4 is 16.0 Å². The Bertz CT molecular complexity index is 920. The highest BCUT2D eigenvalue weighted by Gasteiger charge is 2.28. The molecule has 2 amide bonds. The van der Waals surface area contributed by atoms with E-state index in [0.717, 1.165) is 16.7 Å². The predicted octanol–water partition coefficient (Wildman–Crippen LogP) is 4.29. The molecule has 0 aliphatic carbocycles. The molecule has 0 saturated carbocycles. The number of amides is 2. The third-order valence-electron chi connectivity index (χ3n) is 4.42. The van der Waals surface area contributed by atoms with Crippen molar-refractivity contribution < 1.29 is 9.90 Å². The number of carbonyl (C=O) groups excluding carboxylic acids is 1. The van der Waals surface area contributed by atoms with Crippen molar-refractivity contribution in [2.45, 2.75) is 13.0 Å². The Kier molecular flexibility index (Phi) is 5.75. The molecule has 7 heteroatoms. The molecule has 27 heavy (non-hydrogen) atoms. The number of urea groups is 1. The van der Waals surface area contributed by atoms with E-state index in [2.05, 4.69) is 5.32 Å². The van der Waals surface area contributed by atoms with E-state index >= 15 is 0 Å². The summed E-state index contributed by atoms with van der Waals surface area (Å²) in [5, 5.41) is 13.7. The van der Waals surface area contributed by atoms with Gasteiger partial charge in [-0.1, -0.05) is 59.6 Å². The van der Waals surface area contributed by atoms with E-state index in [9.17, 15) is 9.90 Å². The molecular weight excluding hydrogens is 385 g/mol. The molecule has 1 atom stereocenters. The van der Waals surface area contributed by atoms with Crippen LogP contribution in [0.15, 0.2) is 66.0 Å². The molecule has 1 aliphatic rings. The van der Waals surface area contributed by atoms with Crippen LogP contribution in [-0.2, 0) is 0 Å². The van der Waals surface area contributed by atoms with Gasteiger partial charge in [0.25, 0.3) is 0 Å². The van der Waals surface area contributed by atoms with Crippen molar-refractivity contribution in [3.05, 3.63) is 87.2 Å². The maximum atomic E-state index is 12.2. The molecule has 4 N–H and O–H groups in total. The number of dihydropyridines is 1. The van der Waals surface area contributed by atoms with Gasteiger partial charge in [-0.2, -0.15) is 0 Å². The minimum atomic E-state index is -0.729. The number of hydrogen-bond acceptors (Lipinski definition) is 3. The van der Waals surface area contributed by atoms with E-state index in [1.54, 1.807) is 30.4 Å². The molecule has 0 fully saturated rings. The second-order valence-corrected chi connectivity index (χ2v) is 6.94. The zero-order chi connectivity index (χ0) is 19.6. The quantitative estimate of drug-likeness (QED) is 0.711. The van der Waals surface area contributed by atoms with Crippen LogP contribution in [0.4, 0.5) is 10.5 Å². The summed E-state index contributed by atoms with van der Waals surface area (Å²) in [6.07, 6.45) is 3.44. The fourth-order valence-corrected chi connectivity index (χ4v) is 3.66. The van der Waals surface area contributed by atoms with Crippen LogP contribution >= 0.6 is 23.2 Å². The monoisotopic (exact) mass is 403 g/mol. The highest BCUT2D eigenvalue weighted by atomic mass is 35.5. The fraction of sp³-hybridized carbons (Fsp3) is 0.150. The minimum absolute atomic E-state index is 0.126. The first-order valence-corrected chi connectivity index (χ1v) is 9.07. The minimum Gasteiger partial charge on any atom is -0.392 e. The van der Waals surface area contributed by atoms with Crippen molar-refractivity contribution in [2.75, 3.05) is 11.5 Å². The van der Waals surface area contributed by atoms with Gasteiger partial charge in [0.05, 0.1) is 28.4 Å². The average Bonchev–Trinajstić information content (AvgIpc) is 2.64. The topological polar surface area (TPSA) is 78.6 Å². The Morgan fingerprint density at radius 3 is 2.41 bits per heavy atom. The van der Waals surface area contributed by atoms with Crippen LogP contribution in [-0.4, -0.2) is 17.7 Å². The summed E-state index contributed by atoms with van der Waals surface area (Å²) in [5.41, 5.74) is 8.74. The van der Waals surface area contributed by atoms with Crippen LogP contribution in [0.5, 0.6) is 0 Å². The number of para-hydroxylation sites is 1. The number of halogens is 2. The smallest absolute Gasteiger partial charge is 0.325 e. The number of aliphatic hydroxyl groups is 1. The molecule has 3 rings (SSSR count). The number of rotatable bonds is 4. The van der Waals surface area contributed by atoms with Crippen LogP contribution in [0.25, 0.3) is 0 Å². The van der Waals surface area contributed by atoms with Crippen molar-refractivity contribution in [3.8, 4) is 0 Å². The lowest BCUT2D eigenvalue weighted by Crippen LogP contribution is -2.43. The van der Waals surface area contributed by atoms with Gasteiger partial charge in [-0.05, 0) is 41.8 Å². The average molecular weight is 404 g/mol. The van der Waals surface area contributed by atoms with E-state index in [0.29, 0.717) is 21.6 Å². The van der Waals surface area contributed by atoms with E-state index in [-0.39, 0.29) is 12.6 Å². The lowest BCUT2D eigenvalue weighted by Gasteiger charge is -2.33. The Morgan fingerprint density at radius 2 is 1.81 bits per heavy atom. The SMILES string of the molecule is Cc1ccccc1C1NC(N(C(N)=O)c2c(Cl)cccc2Cl)=CC=C1CO. The van der Waals surface area contributed by atoms with Crippen LogP contribution in [0, 0.1) is 6.92 Å². The largest absolute Gasteiger partial charge is 0.392 e. The second kappa shape index (κ2) is 8.05. The standard InChI is InChI=1S/C20H19Cl2N3O2/c1-12-5-2-3-6-14(12)18-13(11-26)9-10-17(24-18)25(20(23)27)19-15(21)7-4-8-16(19)22/h2-10,18,24,26H,11H2,1H3,(H2,23,27). The normalized spacial score (nSPS) is 16.2. The predicted molar refractivity (Wildman–Crippen MR) is 109 cm³/mol. The first-order valence-electron chi connectivity index (χ1n) is 8.31. The summed E-state index contributed by atoms with van der Waals surface area (Å²) >= 11 is 12.6. The zero-order valence-corrected chi connectivity index (χ0v) is 16.1. The number of carbonyl (C=O) groups is 1. The molecule has 0 radical (unpaired) electrons. The van der Waals surface area contributed by atoms with Crippen molar-refractivity contribution in [1.29, 1.82) is 0 Å². The van der Waals surface area contributed by atoms with Crippen LogP contribution in [0.2, 0.25) is 10.0 Å². The van der Waals surface area contributed by atoms with Gasteiger partial charge < -0.3 is 16.2 Å². The van der Waals surface area contributed by atoms with E-state index in [1.807, 2.05) is 31.2 Å². The van der Waals surface area contributed by atoms with Gasteiger partial charge in [-0.3, -0.25) is 0 Å². The summed E-state index contributed by atoms with van der Waals surface area (Å²) < 4.78 is 0. The molecule has 2 aromatic rings. The summed E-state index contributed by atoms with van der Waals surface area (Å²) in [4.78, 5) is 13.5. The van der Waals surface area contributed by atoms with Gasteiger partial charge >= 0.3 is 6.03 Å². The maximum absolute atomic E-state index is 12.2.